The number of methoxy groups -OCH3 is 1. The van der Waals surface area contributed by atoms with Crippen molar-refractivity contribution in [2.75, 3.05) is 25.5 Å². The van der Waals surface area contributed by atoms with E-state index in [2.05, 4.69) is 19.2 Å². The Kier molecular flexibility index (Phi) is 7.14. The molecule has 1 aliphatic rings. The maximum atomic E-state index is 13.7. The predicted molar refractivity (Wildman–Crippen MR) is 135 cm³/mol. The van der Waals surface area contributed by atoms with Crippen LogP contribution in [0.2, 0.25) is 10.0 Å². The average molecular weight is 501 g/mol. The fourth-order valence-corrected chi connectivity index (χ4v) is 4.22. The number of anilines is 1. The summed E-state index contributed by atoms with van der Waals surface area (Å²) in [5.41, 5.74) is 2.08. The van der Waals surface area contributed by atoms with Gasteiger partial charge in [0.05, 0.1) is 35.1 Å². The molecular formula is C25H26Cl2N4O3. The van der Waals surface area contributed by atoms with Crippen LogP contribution < -0.4 is 15.6 Å². The van der Waals surface area contributed by atoms with Crippen molar-refractivity contribution in [2.45, 2.75) is 26.8 Å². The van der Waals surface area contributed by atoms with Crippen LogP contribution in [0.5, 0.6) is 5.75 Å². The lowest BCUT2D eigenvalue weighted by Crippen LogP contribution is -2.41. The topological polar surface area (TPSA) is 76.5 Å². The van der Waals surface area contributed by atoms with Crippen molar-refractivity contribution in [3.8, 4) is 11.4 Å². The number of amides is 1. The highest BCUT2D eigenvalue weighted by molar-refractivity contribution is 6.42. The molecule has 0 unspecified atom stereocenters. The Morgan fingerprint density at radius 3 is 2.65 bits per heavy atom. The van der Waals surface area contributed by atoms with Crippen LogP contribution >= 0.6 is 23.2 Å². The van der Waals surface area contributed by atoms with Gasteiger partial charge in [0.2, 0.25) is 5.95 Å². The van der Waals surface area contributed by atoms with Crippen molar-refractivity contribution in [1.29, 1.82) is 0 Å². The quantitative estimate of drug-likeness (QED) is 0.525. The van der Waals surface area contributed by atoms with Gasteiger partial charge < -0.3 is 15.0 Å². The first kappa shape index (κ1) is 24.1. The third-order valence-corrected chi connectivity index (χ3v) is 6.42. The van der Waals surface area contributed by atoms with E-state index in [1.165, 1.54) is 0 Å². The van der Waals surface area contributed by atoms with Crippen LogP contribution in [0.3, 0.4) is 0 Å². The number of halogens is 2. The van der Waals surface area contributed by atoms with Gasteiger partial charge in [-0.3, -0.25) is 9.59 Å². The van der Waals surface area contributed by atoms with E-state index in [9.17, 15) is 9.59 Å². The van der Waals surface area contributed by atoms with Crippen molar-refractivity contribution in [1.82, 2.24) is 14.5 Å². The molecule has 0 aliphatic carbocycles. The van der Waals surface area contributed by atoms with Crippen LogP contribution in [-0.4, -0.2) is 40.6 Å². The Labute approximate surface area is 208 Å². The van der Waals surface area contributed by atoms with E-state index in [0.717, 1.165) is 0 Å². The number of nitrogens with one attached hydrogen (secondary N) is 1. The van der Waals surface area contributed by atoms with E-state index in [4.69, 9.17) is 32.9 Å². The molecule has 2 aromatic carbocycles. The van der Waals surface area contributed by atoms with Crippen molar-refractivity contribution >= 4 is 35.1 Å². The third kappa shape index (κ3) is 4.76. The van der Waals surface area contributed by atoms with Crippen LogP contribution in [0.15, 0.2) is 47.3 Å². The summed E-state index contributed by atoms with van der Waals surface area (Å²) in [4.78, 5) is 33.3. The second-order valence-electron chi connectivity index (χ2n) is 8.55. The molecule has 3 aromatic rings. The summed E-state index contributed by atoms with van der Waals surface area (Å²) in [5, 5.41) is 4.02. The molecule has 1 aliphatic heterocycles. The number of fused-ring (bicyclic) bond motifs is 1. The molecule has 0 bridgehead atoms. The monoisotopic (exact) mass is 500 g/mol. The van der Waals surface area contributed by atoms with Gasteiger partial charge in [-0.25, -0.2) is 9.55 Å². The van der Waals surface area contributed by atoms with Crippen LogP contribution in [0.25, 0.3) is 5.69 Å². The summed E-state index contributed by atoms with van der Waals surface area (Å²) in [6.45, 7) is 5.41. The Morgan fingerprint density at radius 1 is 1.18 bits per heavy atom. The van der Waals surface area contributed by atoms with Gasteiger partial charge in [-0.2, -0.15) is 0 Å². The number of ether oxygens (including phenoxy) is 1. The molecule has 4 rings (SSSR count). The number of hydrogen-bond acceptors (Lipinski definition) is 5. The molecule has 1 amide bonds. The summed E-state index contributed by atoms with van der Waals surface area (Å²) in [5.74, 6) is 1.15. The van der Waals surface area contributed by atoms with E-state index in [1.807, 2.05) is 24.3 Å². The molecule has 0 fully saturated rings. The van der Waals surface area contributed by atoms with Gasteiger partial charge in [0.1, 0.15) is 5.75 Å². The second kappa shape index (κ2) is 10.1. The lowest BCUT2D eigenvalue weighted by molar-refractivity contribution is 0.0731. The summed E-state index contributed by atoms with van der Waals surface area (Å²) in [7, 11) is 1.57. The summed E-state index contributed by atoms with van der Waals surface area (Å²) in [6, 6.07) is 12.2. The van der Waals surface area contributed by atoms with Gasteiger partial charge >= 0.3 is 0 Å². The minimum atomic E-state index is -0.184. The minimum absolute atomic E-state index is 0.164. The third-order valence-electron chi connectivity index (χ3n) is 5.68. The van der Waals surface area contributed by atoms with E-state index in [0.29, 0.717) is 69.7 Å². The number of benzene rings is 2. The molecule has 34 heavy (non-hydrogen) atoms. The number of aromatic nitrogens is 2. The van der Waals surface area contributed by atoms with Crippen molar-refractivity contribution in [2.24, 2.45) is 5.92 Å². The summed E-state index contributed by atoms with van der Waals surface area (Å²) in [6.07, 6.45) is 0.397. The molecule has 1 aromatic heterocycles. The molecule has 0 radical (unpaired) electrons. The Hall–Kier alpha value is -3.03. The van der Waals surface area contributed by atoms with Gasteiger partial charge in [-0.1, -0.05) is 49.2 Å². The van der Waals surface area contributed by atoms with E-state index in [1.54, 1.807) is 34.8 Å². The fourth-order valence-electron chi connectivity index (χ4n) is 3.93. The SMILES string of the molecule is COc1ccccc1-n1c(NCC(C)C)nc2c(c1=O)CCN(C(=O)c1ccc(Cl)c(Cl)c1)C2. The van der Waals surface area contributed by atoms with Crippen LogP contribution in [0, 0.1) is 5.92 Å². The molecule has 0 spiro atoms. The number of carbonyl (C=O) groups is 1. The number of rotatable bonds is 6. The Balaban J connectivity index is 1.75. The van der Waals surface area contributed by atoms with Gasteiger partial charge in [0.25, 0.3) is 11.5 Å². The average Bonchev–Trinajstić information content (AvgIpc) is 2.83. The standard InChI is InChI=1S/C25H26Cl2N4O3/c1-15(2)13-28-25-29-20-14-30(23(32)16-8-9-18(26)19(27)12-16)11-10-17(20)24(33)31(25)21-6-4-5-7-22(21)34-3/h4-9,12,15H,10-11,13-14H2,1-3H3,(H,28,29). The summed E-state index contributed by atoms with van der Waals surface area (Å²) < 4.78 is 7.07. The van der Waals surface area contributed by atoms with Gasteiger partial charge in [-0.05, 0) is 42.7 Å². The molecule has 9 heteroatoms. The molecule has 1 N–H and O–H groups in total. The lowest BCUT2D eigenvalue weighted by atomic mass is 10.0. The zero-order valence-electron chi connectivity index (χ0n) is 19.3. The van der Waals surface area contributed by atoms with Gasteiger partial charge in [0, 0.05) is 24.2 Å². The second-order valence-corrected chi connectivity index (χ2v) is 9.37. The molecule has 0 saturated carbocycles. The highest BCUT2D eigenvalue weighted by Gasteiger charge is 2.28. The molecule has 0 atom stereocenters. The molecule has 2 heterocycles. The molecular weight excluding hydrogens is 475 g/mol. The van der Waals surface area contributed by atoms with Crippen LogP contribution in [-0.2, 0) is 13.0 Å². The van der Waals surface area contributed by atoms with Crippen molar-refractivity contribution in [3.05, 3.63) is 79.7 Å². The maximum Gasteiger partial charge on any atom is 0.263 e. The van der Waals surface area contributed by atoms with Crippen LogP contribution in [0.4, 0.5) is 5.95 Å². The maximum absolute atomic E-state index is 13.7. The first-order valence-electron chi connectivity index (χ1n) is 11.1. The molecule has 7 nitrogen and oxygen atoms in total. The van der Waals surface area contributed by atoms with Gasteiger partial charge in [-0.15, -0.1) is 0 Å². The molecule has 178 valence electrons. The lowest BCUT2D eigenvalue weighted by Gasteiger charge is -2.29. The predicted octanol–water partition coefficient (Wildman–Crippen LogP) is 4.81. The highest BCUT2D eigenvalue weighted by Crippen LogP contribution is 2.27. The Morgan fingerprint density at radius 2 is 1.94 bits per heavy atom. The van der Waals surface area contributed by atoms with E-state index in [-0.39, 0.29) is 18.0 Å². The smallest absolute Gasteiger partial charge is 0.263 e. The number of para-hydroxylation sites is 2. The summed E-state index contributed by atoms with van der Waals surface area (Å²) >= 11 is 12.1. The van der Waals surface area contributed by atoms with Gasteiger partial charge in [0.15, 0.2) is 0 Å². The van der Waals surface area contributed by atoms with Crippen LogP contribution in [0.1, 0.15) is 35.5 Å². The number of hydrogen-bond donors (Lipinski definition) is 1. The highest BCUT2D eigenvalue weighted by atomic mass is 35.5. The van der Waals surface area contributed by atoms with Crippen molar-refractivity contribution in [3.63, 3.8) is 0 Å². The first-order chi connectivity index (χ1) is 16.3. The first-order valence-corrected chi connectivity index (χ1v) is 11.8. The Bertz CT molecular complexity index is 1290. The number of nitrogens with zero attached hydrogens (tertiary/aromatic N) is 3. The van der Waals surface area contributed by atoms with E-state index < -0.39 is 0 Å². The zero-order chi connectivity index (χ0) is 24.4. The minimum Gasteiger partial charge on any atom is -0.495 e. The largest absolute Gasteiger partial charge is 0.495 e. The normalized spacial score (nSPS) is 13.1. The molecule has 0 saturated heterocycles. The zero-order valence-corrected chi connectivity index (χ0v) is 20.8. The van der Waals surface area contributed by atoms with Crippen molar-refractivity contribution < 1.29 is 9.53 Å². The van der Waals surface area contributed by atoms with E-state index >= 15 is 0 Å². The number of carbonyl (C=O) groups excluding carboxylic acids is 1. The fraction of sp³-hybridized carbons (Fsp3) is 0.320.